The smallest absolute Gasteiger partial charge is 0.329 e. The zero-order valence-electron chi connectivity index (χ0n) is 13.8. The summed E-state index contributed by atoms with van der Waals surface area (Å²) < 4.78 is 36.7. The molecule has 8 nitrogen and oxygen atoms in total. The third kappa shape index (κ3) is 5.30. The van der Waals surface area contributed by atoms with Crippen LogP contribution in [0.1, 0.15) is 12.5 Å². The molecule has 0 aliphatic heterocycles. The van der Waals surface area contributed by atoms with Crippen LogP contribution < -0.4 is 9.46 Å². The second-order valence-electron chi connectivity index (χ2n) is 5.31. The molecule has 0 spiro atoms. The summed E-state index contributed by atoms with van der Waals surface area (Å²) in [5, 5.41) is 9.19. The quantitative estimate of drug-likeness (QED) is 0.403. The highest BCUT2D eigenvalue weighted by atomic mass is 32.2. The second kappa shape index (κ2) is 8.45. The molecule has 0 fully saturated rings. The Balaban J connectivity index is 2.06. The lowest BCUT2D eigenvalue weighted by molar-refractivity contribution is -0.135. The van der Waals surface area contributed by atoms with Crippen molar-refractivity contribution in [1.82, 2.24) is 4.72 Å². The van der Waals surface area contributed by atoms with E-state index in [1.54, 1.807) is 6.07 Å². The number of esters is 1. The third-order valence-electron chi connectivity index (χ3n) is 3.27. The van der Waals surface area contributed by atoms with E-state index in [1.807, 2.05) is 0 Å². The van der Waals surface area contributed by atoms with E-state index >= 15 is 0 Å². The van der Waals surface area contributed by atoms with Crippen molar-refractivity contribution < 1.29 is 32.6 Å². The van der Waals surface area contributed by atoms with E-state index in [0.29, 0.717) is 5.56 Å². The molecule has 0 heterocycles. The van der Waals surface area contributed by atoms with Crippen LogP contribution in [-0.4, -0.2) is 32.0 Å². The summed E-state index contributed by atoms with van der Waals surface area (Å²) in [5.41, 5.74) is 0.485. The highest BCUT2D eigenvalue weighted by molar-refractivity contribution is 7.89. The van der Waals surface area contributed by atoms with Crippen molar-refractivity contribution >= 4 is 22.5 Å². The number of ether oxygens (including phenoxy) is 2. The number of phenols is 1. The number of benzene rings is 2. The van der Waals surface area contributed by atoms with Gasteiger partial charge in [0.15, 0.2) is 0 Å². The number of aromatic hydroxyl groups is 1. The van der Waals surface area contributed by atoms with Gasteiger partial charge in [0.1, 0.15) is 24.1 Å². The first-order valence-electron chi connectivity index (χ1n) is 7.49. The normalized spacial score (nSPS) is 12.2. The maximum atomic E-state index is 12.4. The molecule has 2 N–H and O–H groups in total. The van der Waals surface area contributed by atoms with Crippen molar-refractivity contribution in [3.63, 3.8) is 0 Å². The van der Waals surface area contributed by atoms with Crippen molar-refractivity contribution in [2.24, 2.45) is 0 Å². The van der Waals surface area contributed by atoms with Gasteiger partial charge in [-0.15, -0.1) is 0 Å². The minimum absolute atomic E-state index is 0.0111. The van der Waals surface area contributed by atoms with Crippen LogP contribution in [0, 0.1) is 0 Å². The molecule has 0 aliphatic rings. The van der Waals surface area contributed by atoms with Crippen LogP contribution in [0.2, 0.25) is 0 Å². The van der Waals surface area contributed by atoms with E-state index in [0.717, 1.165) is 0 Å². The molecule has 2 rings (SSSR count). The van der Waals surface area contributed by atoms with Crippen molar-refractivity contribution in [3.05, 3.63) is 54.1 Å². The summed E-state index contributed by atoms with van der Waals surface area (Å²) in [4.78, 5) is 22.2. The van der Waals surface area contributed by atoms with Crippen molar-refractivity contribution in [3.8, 4) is 11.5 Å². The summed E-state index contributed by atoms with van der Waals surface area (Å²) in [6.07, 6.45) is 0. The van der Waals surface area contributed by atoms with Gasteiger partial charge in [-0.1, -0.05) is 12.1 Å². The molecule has 0 unspecified atom stereocenters. The minimum atomic E-state index is -3.99. The molecule has 138 valence electrons. The average molecular weight is 379 g/mol. The lowest BCUT2D eigenvalue weighted by Crippen LogP contribution is -2.40. The fourth-order valence-corrected chi connectivity index (χ4v) is 3.26. The van der Waals surface area contributed by atoms with Crippen molar-refractivity contribution in [1.29, 1.82) is 0 Å². The number of nitrogens with one attached hydrogen (secondary N) is 1. The van der Waals surface area contributed by atoms with Gasteiger partial charge < -0.3 is 14.6 Å². The number of carbonyl (C=O) groups is 2. The SMILES string of the molecule is C[C@H](NS(=O)(=O)c1cccc(COC=O)c1)C(=O)Oc1ccc(O)cc1. The number of carbonyl (C=O) groups excluding carboxylic acids is 2. The molecular formula is C17H17NO7S. The van der Waals surface area contributed by atoms with Crippen LogP contribution in [0.5, 0.6) is 11.5 Å². The molecule has 0 bridgehead atoms. The molecule has 0 saturated heterocycles. The lowest BCUT2D eigenvalue weighted by Gasteiger charge is -2.14. The number of hydrogen-bond donors (Lipinski definition) is 2. The standard InChI is InChI=1S/C17H17NO7S/c1-12(17(21)25-15-7-5-14(20)6-8-15)18-26(22,23)16-4-2-3-13(9-16)10-24-11-19/h2-9,11-12,18,20H,10H2,1H3/t12-/m0/s1. The van der Waals surface area contributed by atoms with Crippen LogP contribution in [-0.2, 0) is 31.0 Å². The summed E-state index contributed by atoms with van der Waals surface area (Å²) >= 11 is 0. The van der Waals surface area contributed by atoms with E-state index in [9.17, 15) is 23.1 Å². The Morgan fingerprint density at radius 1 is 1.23 bits per heavy atom. The first-order valence-corrected chi connectivity index (χ1v) is 8.97. The van der Waals surface area contributed by atoms with E-state index in [-0.39, 0.29) is 29.5 Å². The zero-order chi connectivity index (χ0) is 19.2. The number of hydrogen-bond acceptors (Lipinski definition) is 7. The van der Waals surface area contributed by atoms with E-state index in [1.165, 1.54) is 49.4 Å². The van der Waals surface area contributed by atoms with Crippen molar-refractivity contribution in [2.75, 3.05) is 0 Å². The second-order valence-corrected chi connectivity index (χ2v) is 7.03. The molecule has 2 aromatic rings. The van der Waals surface area contributed by atoms with Gasteiger partial charge in [-0.2, -0.15) is 4.72 Å². The molecule has 9 heteroatoms. The number of phenolic OH excluding ortho intramolecular Hbond substituents is 1. The van der Waals surface area contributed by atoms with Crippen LogP contribution in [0.4, 0.5) is 0 Å². The Morgan fingerprint density at radius 2 is 1.92 bits per heavy atom. The molecule has 1 atom stereocenters. The van der Waals surface area contributed by atoms with Crippen LogP contribution in [0.25, 0.3) is 0 Å². The molecule has 26 heavy (non-hydrogen) atoms. The molecule has 0 amide bonds. The summed E-state index contributed by atoms with van der Waals surface area (Å²) in [5.74, 6) is -0.622. The molecular weight excluding hydrogens is 362 g/mol. The van der Waals surface area contributed by atoms with Gasteiger partial charge in [-0.3, -0.25) is 4.79 Å². The zero-order valence-corrected chi connectivity index (χ0v) is 14.6. The van der Waals surface area contributed by atoms with Crippen LogP contribution in [0.15, 0.2) is 53.4 Å². The Kier molecular flexibility index (Phi) is 6.31. The average Bonchev–Trinajstić information content (AvgIpc) is 2.61. The lowest BCUT2D eigenvalue weighted by atomic mass is 10.2. The van der Waals surface area contributed by atoms with E-state index < -0.39 is 22.0 Å². The Morgan fingerprint density at radius 3 is 2.58 bits per heavy atom. The van der Waals surface area contributed by atoms with Crippen LogP contribution in [0.3, 0.4) is 0 Å². The van der Waals surface area contributed by atoms with E-state index in [2.05, 4.69) is 9.46 Å². The monoisotopic (exact) mass is 379 g/mol. The Hall–Kier alpha value is -2.91. The highest BCUT2D eigenvalue weighted by Crippen LogP contribution is 2.17. The number of rotatable bonds is 8. The predicted octanol–water partition coefficient (Wildman–Crippen LogP) is 1.34. The fraction of sp³-hybridized carbons (Fsp3) is 0.176. The third-order valence-corrected chi connectivity index (χ3v) is 4.81. The van der Waals surface area contributed by atoms with Gasteiger partial charge in [0.2, 0.25) is 10.0 Å². The first-order chi connectivity index (χ1) is 12.3. The summed E-state index contributed by atoms with van der Waals surface area (Å²) in [7, 11) is -3.99. The minimum Gasteiger partial charge on any atom is -0.508 e. The van der Waals surface area contributed by atoms with Crippen molar-refractivity contribution in [2.45, 2.75) is 24.5 Å². The number of sulfonamides is 1. The maximum absolute atomic E-state index is 12.4. The van der Waals surface area contributed by atoms with Gasteiger partial charge in [-0.25, -0.2) is 13.2 Å². The molecule has 0 aliphatic carbocycles. The van der Waals surface area contributed by atoms with Gasteiger partial charge in [0.25, 0.3) is 6.47 Å². The molecule has 0 radical (unpaired) electrons. The van der Waals surface area contributed by atoms with Gasteiger partial charge >= 0.3 is 5.97 Å². The molecule has 2 aromatic carbocycles. The van der Waals surface area contributed by atoms with Gasteiger partial charge in [0, 0.05) is 0 Å². The Bertz CT molecular complexity index is 878. The fourth-order valence-electron chi connectivity index (χ4n) is 2.00. The summed E-state index contributed by atoms with van der Waals surface area (Å²) in [6, 6.07) is 10.1. The topological polar surface area (TPSA) is 119 Å². The largest absolute Gasteiger partial charge is 0.508 e. The Labute approximate surface area is 150 Å². The first kappa shape index (κ1) is 19.4. The maximum Gasteiger partial charge on any atom is 0.329 e. The molecule has 0 saturated carbocycles. The highest BCUT2D eigenvalue weighted by Gasteiger charge is 2.23. The van der Waals surface area contributed by atoms with Gasteiger partial charge in [-0.05, 0) is 48.9 Å². The van der Waals surface area contributed by atoms with Gasteiger partial charge in [0.05, 0.1) is 4.90 Å². The van der Waals surface area contributed by atoms with E-state index in [4.69, 9.17) is 4.74 Å². The molecule has 0 aromatic heterocycles. The van der Waals surface area contributed by atoms with Crippen LogP contribution >= 0.6 is 0 Å². The predicted molar refractivity (Wildman–Crippen MR) is 90.8 cm³/mol. The summed E-state index contributed by atoms with van der Waals surface area (Å²) in [6.45, 7) is 1.55.